The number of thiazole rings is 1. The molecule has 5 aromatic rings. The fourth-order valence-corrected chi connectivity index (χ4v) is 6.93. The molecule has 4 heterocycles. The second kappa shape index (κ2) is 11.5. The van der Waals surface area contributed by atoms with Crippen LogP contribution in [0.5, 0.6) is 5.75 Å². The molecule has 1 aliphatic heterocycles. The number of amides is 1. The number of furan rings is 1. The molecule has 1 N–H and O–H groups in total. The third-order valence-electron chi connectivity index (χ3n) is 7.18. The van der Waals surface area contributed by atoms with Gasteiger partial charge in [0, 0.05) is 24.7 Å². The van der Waals surface area contributed by atoms with E-state index >= 15 is 0 Å². The standard InChI is InChI=1S/C31H29N5O4S2/c1-5-35(6-2)29(38)26-18(3)32-31-36(27(26)20-11-7-10-14-23(20)39-4)28(37)24(41-31)17-19-15-16-25(40-19)42-30-33-21-12-8-9-13-22(21)34-30/h7-17,27H,5-6H2,1-4H3,(H,33,34)/b24-17+/t27-/m0/s1. The summed E-state index contributed by atoms with van der Waals surface area (Å²) in [5, 5.41) is 1.36. The molecule has 0 bridgehead atoms. The van der Waals surface area contributed by atoms with Gasteiger partial charge in [-0.3, -0.25) is 14.2 Å². The number of aromatic amines is 1. The van der Waals surface area contributed by atoms with Gasteiger partial charge in [-0.15, -0.1) is 0 Å². The topological polar surface area (TPSA) is 106 Å². The lowest BCUT2D eigenvalue weighted by molar-refractivity contribution is -0.127. The highest BCUT2D eigenvalue weighted by atomic mass is 32.2. The monoisotopic (exact) mass is 599 g/mol. The first-order chi connectivity index (χ1) is 20.4. The van der Waals surface area contributed by atoms with Crippen molar-refractivity contribution in [3.05, 3.63) is 103 Å². The van der Waals surface area contributed by atoms with Crippen LogP contribution < -0.4 is 19.6 Å². The summed E-state index contributed by atoms with van der Waals surface area (Å²) in [4.78, 5) is 42.7. The number of hydrogen-bond donors (Lipinski definition) is 1. The van der Waals surface area contributed by atoms with E-state index in [-0.39, 0.29) is 11.5 Å². The Morgan fingerprint density at radius 2 is 1.90 bits per heavy atom. The normalized spacial score (nSPS) is 15.1. The van der Waals surface area contributed by atoms with Crippen LogP contribution in [-0.4, -0.2) is 45.5 Å². The molecule has 1 amide bonds. The number of nitrogens with zero attached hydrogens (tertiary/aromatic N) is 4. The number of imidazole rings is 1. The van der Waals surface area contributed by atoms with Crippen molar-refractivity contribution in [2.24, 2.45) is 4.99 Å². The lowest BCUT2D eigenvalue weighted by Gasteiger charge is -2.29. The number of allylic oxidation sites excluding steroid dienone is 1. The molecule has 0 spiro atoms. The van der Waals surface area contributed by atoms with Crippen LogP contribution in [0.15, 0.2) is 96.4 Å². The molecule has 0 unspecified atom stereocenters. The molecule has 11 heteroatoms. The number of carbonyl (C=O) groups is 1. The first-order valence-corrected chi connectivity index (χ1v) is 15.2. The average Bonchev–Trinajstić information content (AvgIpc) is 3.70. The number of rotatable bonds is 8. The van der Waals surface area contributed by atoms with E-state index in [1.165, 1.54) is 23.1 Å². The van der Waals surface area contributed by atoms with E-state index < -0.39 is 6.04 Å². The van der Waals surface area contributed by atoms with Gasteiger partial charge in [0.25, 0.3) is 11.5 Å². The lowest BCUT2D eigenvalue weighted by atomic mass is 9.94. The Kier molecular flexibility index (Phi) is 7.61. The van der Waals surface area contributed by atoms with Crippen LogP contribution >= 0.6 is 23.1 Å². The minimum atomic E-state index is -0.691. The predicted octanol–water partition coefficient (Wildman–Crippen LogP) is 4.73. The zero-order chi connectivity index (χ0) is 29.4. The largest absolute Gasteiger partial charge is 0.496 e. The van der Waals surface area contributed by atoms with Crippen LogP contribution in [0.2, 0.25) is 0 Å². The Morgan fingerprint density at radius 1 is 1.14 bits per heavy atom. The van der Waals surface area contributed by atoms with Crippen LogP contribution in [-0.2, 0) is 4.79 Å². The number of carbonyl (C=O) groups excluding carboxylic acids is 1. The maximum atomic E-state index is 14.0. The summed E-state index contributed by atoms with van der Waals surface area (Å²) in [6.07, 6.45) is 1.72. The first-order valence-electron chi connectivity index (χ1n) is 13.6. The number of H-pyrrole nitrogens is 1. The van der Waals surface area contributed by atoms with Gasteiger partial charge in [-0.25, -0.2) is 9.98 Å². The maximum absolute atomic E-state index is 14.0. The number of aromatic nitrogens is 3. The summed E-state index contributed by atoms with van der Waals surface area (Å²) in [7, 11) is 1.59. The van der Waals surface area contributed by atoms with Crippen molar-refractivity contribution in [2.45, 2.75) is 37.1 Å². The van der Waals surface area contributed by atoms with E-state index in [9.17, 15) is 9.59 Å². The third-order valence-corrected chi connectivity index (χ3v) is 8.97. The molecular weight excluding hydrogens is 571 g/mol. The Balaban J connectivity index is 1.42. The van der Waals surface area contributed by atoms with Gasteiger partial charge in [-0.1, -0.05) is 41.7 Å². The van der Waals surface area contributed by atoms with Crippen molar-refractivity contribution in [3.63, 3.8) is 0 Å². The summed E-state index contributed by atoms with van der Waals surface area (Å²) >= 11 is 2.64. The molecule has 42 heavy (non-hydrogen) atoms. The van der Waals surface area contributed by atoms with Crippen molar-refractivity contribution in [1.82, 2.24) is 19.4 Å². The van der Waals surface area contributed by atoms with E-state index in [2.05, 4.69) is 9.97 Å². The molecule has 3 aromatic heterocycles. The number of nitrogens with one attached hydrogen (secondary N) is 1. The maximum Gasteiger partial charge on any atom is 0.271 e. The number of para-hydroxylation sites is 3. The van der Waals surface area contributed by atoms with Crippen molar-refractivity contribution in [1.29, 1.82) is 0 Å². The van der Waals surface area contributed by atoms with E-state index in [0.29, 0.717) is 55.5 Å². The highest BCUT2D eigenvalue weighted by Crippen LogP contribution is 2.36. The highest BCUT2D eigenvalue weighted by molar-refractivity contribution is 7.99. The number of fused-ring (bicyclic) bond motifs is 2. The molecule has 6 rings (SSSR count). The summed E-state index contributed by atoms with van der Waals surface area (Å²) in [5.41, 5.74) is 3.34. The Hall–Kier alpha value is -4.35. The van der Waals surface area contributed by atoms with Crippen molar-refractivity contribution < 1.29 is 13.9 Å². The van der Waals surface area contributed by atoms with Crippen LogP contribution in [0, 0.1) is 0 Å². The molecule has 0 fully saturated rings. The Labute approximate surface area is 249 Å². The molecule has 0 saturated carbocycles. The molecule has 9 nitrogen and oxygen atoms in total. The van der Waals surface area contributed by atoms with E-state index in [1.807, 2.05) is 81.4 Å². The van der Waals surface area contributed by atoms with Crippen LogP contribution in [0.1, 0.15) is 38.1 Å². The van der Waals surface area contributed by atoms with Gasteiger partial charge < -0.3 is 19.0 Å². The third kappa shape index (κ3) is 4.99. The van der Waals surface area contributed by atoms with Gasteiger partial charge >= 0.3 is 0 Å². The van der Waals surface area contributed by atoms with E-state index in [4.69, 9.17) is 14.1 Å². The van der Waals surface area contributed by atoms with Crippen molar-refractivity contribution >= 4 is 46.1 Å². The quantitative estimate of drug-likeness (QED) is 0.277. The number of methoxy groups -OCH3 is 1. The number of likely N-dealkylation sites (N-methyl/N-ethyl adjacent to an activating group) is 1. The summed E-state index contributed by atoms with van der Waals surface area (Å²) < 4.78 is 13.8. The van der Waals surface area contributed by atoms with Gasteiger partial charge in [-0.05, 0) is 62.9 Å². The molecule has 1 aliphatic rings. The highest BCUT2D eigenvalue weighted by Gasteiger charge is 2.35. The zero-order valence-corrected chi connectivity index (χ0v) is 25.2. The summed E-state index contributed by atoms with van der Waals surface area (Å²) in [6, 6.07) is 18.3. The average molecular weight is 600 g/mol. The molecule has 0 radical (unpaired) electrons. The Morgan fingerprint density at radius 3 is 2.67 bits per heavy atom. The summed E-state index contributed by atoms with van der Waals surface area (Å²) in [6.45, 7) is 6.79. The summed E-state index contributed by atoms with van der Waals surface area (Å²) in [5.74, 6) is 0.975. The molecule has 0 aliphatic carbocycles. The number of benzene rings is 2. The number of ether oxygens (including phenoxy) is 1. The molecular formula is C31H29N5O4S2. The van der Waals surface area contributed by atoms with E-state index in [1.54, 1.807) is 22.7 Å². The molecule has 2 aromatic carbocycles. The van der Waals surface area contributed by atoms with Crippen molar-refractivity contribution in [3.8, 4) is 5.75 Å². The lowest BCUT2D eigenvalue weighted by Crippen LogP contribution is -2.43. The smallest absolute Gasteiger partial charge is 0.271 e. The minimum Gasteiger partial charge on any atom is -0.496 e. The predicted molar refractivity (Wildman–Crippen MR) is 164 cm³/mol. The first kappa shape index (κ1) is 27.8. The zero-order valence-electron chi connectivity index (χ0n) is 23.6. The SMILES string of the molecule is CCN(CC)C(=O)C1=C(C)N=c2s/c(=C/c3ccc(Sc4nc5ccccc5[nH]4)o3)c(=O)n2[C@H]1c1ccccc1OC. The van der Waals surface area contributed by atoms with Gasteiger partial charge in [0.1, 0.15) is 17.6 Å². The minimum absolute atomic E-state index is 0.148. The van der Waals surface area contributed by atoms with Crippen LogP contribution in [0.4, 0.5) is 0 Å². The molecule has 0 saturated heterocycles. The van der Waals surface area contributed by atoms with Gasteiger partial charge in [0.15, 0.2) is 15.1 Å². The van der Waals surface area contributed by atoms with Crippen LogP contribution in [0.3, 0.4) is 0 Å². The fourth-order valence-electron chi connectivity index (χ4n) is 5.13. The van der Waals surface area contributed by atoms with E-state index in [0.717, 1.165) is 16.6 Å². The van der Waals surface area contributed by atoms with Crippen molar-refractivity contribution in [2.75, 3.05) is 20.2 Å². The second-order valence-corrected chi connectivity index (χ2v) is 11.6. The van der Waals surface area contributed by atoms with Gasteiger partial charge in [0.05, 0.1) is 33.9 Å². The molecule has 1 atom stereocenters. The number of hydrogen-bond acceptors (Lipinski definition) is 8. The van der Waals surface area contributed by atoms with Gasteiger partial charge in [0.2, 0.25) is 0 Å². The van der Waals surface area contributed by atoms with Gasteiger partial charge in [-0.2, -0.15) is 0 Å². The van der Waals surface area contributed by atoms with Crippen LogP contribution in [0.25, 0.3) is 17.1 Å². The molecule has 214 valence electrons. The fraction of sp³-hybridized carbons (Fsp3) is 0.226. The second-order valence-electron chi connectivity index (χ2n) is 9.62. The Bertz CT molecular complexity index is 1980.